The maximum Gasteiger partial charge on any atom is 0.271 e. The van der Waals surface area contributed by atoms with E-state index in [1.165, 1.54) is 25.2 Å². The smallest absolute Gasteiger partial charge is 0.271 e. The number of aromatic nitrogens is 2. The standard InChI is InChI=1S/C26H33F2N5O/c1-7-33(24(34)21-12-14-30-32-21)16-26(5)13-11-18(25(26,3)4)17(2)15-22(31-29-6)23-19(27)9-8-10-20(23)28/h8-10,12,14-15,18H,2,7,11,13,16H2,1,3-6H3,(H,30,32)/b22-15-,31-29?/t18-,26-/m0/s1. The predicted octanol–water partition coefficient (Wildman–Crippen LogP) is 6.27. The second-order valence-electron chi connectivity index (χ2n) is 9.66. The van der Waals surface area contributed by atoms with E-state index in [0.29, 0.717) is 18.8 Å². The fourth-order valence-electron chi connectivity index (χ4n) is 5.07. The number of nitrogens with zero attached hydrogens (tertiary/aromatic N) is 4. The average molecular weight is 470 g/mol. The van der Waals surface area contributed by atoms with Crippen molar-refractivity contribution < 1.29 is 13.6 Å². The Morgan fingerprint density at radius 3 is 2.53 bits per heavy atom. The average Bonchev–Trinajstić information content (AvgIpc) is 3.39. The van der Waals surface area contributed by atoms with Gasteiger partial charge < -0.3 is 4.90 Å². The summed E-state index contributed by atoms with van der Waals surface area (Å²) >= 11 is 0. The molecule has 0 aliphatic heterocycles. The molecule has 1 aromatic carbocycles. The number of hydrogen-bond acceptors (Lipinski definition) is 4. The van der Waals surface area contributed by atoms with Crippen molar-refractivity contribution in [1.82, 2.24) is 15.1 Å². The highest BCUT2D eigenvalue weighted by atomic mass is 19.1. The molecule has 1 heterocycles. The number of allylic oxidation sites excluding steroid dienone is 2. The Morgan fingerprint density at radius 1 is 1.29 bits per heavy atom. The van der Waals surface area contributed by atoms with E-state index in [9.17, 15) is 13.6 Å². The highest BCUT2D eigenvalue weighted by Gasteiger charge is 2.52. The van der Waals surface area contributed by atoms with Crippen LogP contribution < -0.4 is 0 Å². The molecule has 1 saturated carbocycles. The summed E-state index contributed by atoms with van der Waals surface area (Å²) in [5, 5.41) is 14.4. The molecule has 0 bridgehead atoms. The van der Waals surface area contributed by atoms with E-state index in [2.05, 4.69) is 47.8 Å². The van der Waals surface area contributed by atoms with Crippen LogP contribution in [-0.2, 0) is 0 Å². The number of benzene rings is 1. The zero-order valence-electron chi connectivity index (χ0n) is 20.5. The minimum absolute atomic E-state index is 0.0374. The Morgan fingerprint density at radius 2 is 1.97 bits per heavy atom. The van der Waals surface area contributed by atoms with Crippen molar-refractivity contribution in [2.45, 2.75) is 40.5 Å². The normalized spacial score (nSPS) is 22.3. The van der Waals surface area contributed by atoms with Gasteiger partial charge in [-0.3, -0.25) is 9.89 Å². The Labute approximate surface area is 199 Å². The summed E-state index contributed by atoms with van der Waals surface area (Å²) in [4.78, 5) is 14.8. The van der Waals surface area contributed by atoms with Crippen LogP contribution >= 0.6 is 0 Å². The molecule has 6 nitrogen and oxygen atoms in total. The number of azo groups is 1. The van der Waals surface area contributed by atoms with Gasteiger partial charge >= 0.3 is 0 Å². The molecular formula is C26H33F2N5O. The first-order valence-electron chi connectivity index (χ1n) is 11.5. The van der Waals surface area contributed by atoms with E-state index in [-0.39, 0.29) is 33.9 Å². The third-order valence-electron chi connectivity index (χ3n) is 7.55. The second-order valence-corrected chi connectivity index (χ2v) is 9.66. The molecule has 34 heavy (non-hydrogen) atoms. The summed E-state index contributed by atoms with van der Waals surface area (Å²) < 4.78 is 28.9. The number of carbonyl (C=O) groups is 1. The third kappa shape index (κ3) is 4.72. The molecule has 0 unspecified atom stereocenters. The molecule has 0 saturated heterocycles. The lowest BCUT2D eigenvalue weighted by Gasteiger charge is -2.44. The molecule has 0 spiro atoms. The van der Waals surface area contributed by atoms with Gasteiger partial charge in [-0.05, 0) is 66.4 Å². The van der Waals surface area contributed by atoms with Crippen LogP contribution in [0.1, 0.15) is 56.6 Å². The largest absolute Gasteiger partial charge is 0.337 e. The van der Waals surface area contributed by atoms with Crippen molar-refractivity contribution in [3.8, 4) is 0 Å². The van der Waals surface area contributed by atoms with E-state index in [0.717, 1.165) is 18.4 Å². The van der Waals surface area contributed by atoms with Gasteiger partial charge in [-0.25, -0.2) is 8.78 Å². The molecule has 1 amide bonds. The number of hydrogen-bond donors (Lipinski definition) is 1. The number of carbonyl (C=O) groups excluding carboxylic acids is 1. The van der Waals surface area contributed by atoms with E-state index in [4.69, 9.17) is 0 Å². The first kappa shape index (κ1) is 25.5. The number of H-pyrrole nitrogens is 1. The van der Waals surface area contributed by atoms with Gasteiger partial charge in [0.25, 0.3) is 5.91 Å². The van der Waals surface area contributed by atoms with E-state index >= 15 is 0 Å². The van der Waals surface area contributed by atoms with Crippen LogP contribution in [-0.4, -0.2) is 41.1 Å². The van der Waals surface area contributed by atoms with Gasteiger partial charge in [0.1, 0.15) is 17.3 Å². The van der Waals surface area contributed by atoms with E-state index in [1.54, 1.807) is 18.3 Å². The Kier molecular flexibility index (Phi) is 7.48. The van der Waals surface area contributed by atoms with Crippen LogP contribution in [0.4, 0.5) is 8.78 Å². The zero-order chi connectivity index (χ0) is 25.1. The highest BCUT2D eigenvalue weighted by molar-refractivity contribution is 5.92. The first-order valence-corrected chi connectivity index (χ1v) is 11.5. The Bertz CT molecular complexity index is 1090. The molecule has 2 aromatic rings. The maximum atomic E-state index is 14.4. The molecule has 3 rings (SSSR count). The van der Waals surface area contributed by atoms with Gasteiger partial charge in [-0.1, -0.05) is 33.4 Å². The van der Waals surface area contributed by atoms with Crippen molar-refractivity contribution >= 4 is 11.6 Å². The molecule has 2 atom stereocenters. The number of amides is 1. The summed E-state index contributed by atoms with van der Waals surface area (Å²) in [6.07, 6.45) is 4.92. The molecular weight excluding hydrogens is 436 g/mol. The first-order chi connectivity index (χ1) is 16.1. The number of halogens is 2. The van der Waals surface area contributed by atoms with Gasteiger partial charge in [-0.15, -0.1) is 0 Å². The summed E-state index contributed by atoms with van der Waals surface area (Å²) in [6.45, 7) is 13.9. The van der Waals surface area contributed by atoms with Crippen LogP contribution in [0, 0.1) is 28.4 Å². The van der Waals surface area contributed by atoms with Gasteiger partial charge in [0.15, 0.2) is 0 Å². The third-order valence-corrected chi connectivity index (χ3v) is 7.55. The number of rotatable bonds is 8. The minimum atomic E-state index is -0.696. The number of aromatic amines is 1. The van der Waals surface area contributed by atoms with Crippen LogP contribution in [0.3, 0.4) is 0 Å². The molecule has 0 radical (unpaired) electrons. The lowest BCUT2D eigenvalue weighted by atomic mass is 9.64. The molecule has 1 aliphatic carbocycles. The van der Waals surface area contributed by atoms with Gasteiger partial charge in [-0.2, -0.15) is 15.3 Å². The lowest BCUT2D eigenvalue weighted by Crippen LogP contribution is -2.46. The van der Waals surface area contributed by atoms with Gasteiger partial charge in [0.05, 0.1) is 11.3 Å². The minimum Gasteiger partial charge on any atom is -0.337 e. The molecule has 182 valence electrons. The van der Waals surface area contributed by atoms with Crippen molar-refractivity contribution in [3.05, 3.63) is 71.6 Å². The van der Waals surface area contributed by atoms with Crippen molar-refractivity contribution in [2.75, 3.05) is 20.1 Å². The molecule has 8 heteroatoms. The molecule has 1 aliphatic rings. The van der Waals surface area contributed by atoms with E-state index in [1.807, 2.05) is 11.8 Å². The van der Waals surface area contributed by atoms with E-state index < -0.39 is 11.6 Å². The van der Waals surface area contributed by atoms with Crippen molar-refractivity contribution in [3.63, 3.8) is 0 Å². The molecule has 1 fully saturated rings. The topological polar surface area (TPSA) is 73.7 Å². The zero-order valence-corrected chi connectivity index (χ0v) is 20.5. The Balaban J connectivity index is 1.88. The van der Waals surface area contributed by atoms with Crippen LogP contribution in [0.15, 0.2) is 58.9 Å². The van der Waals surface area contributed by atoms with Gasteiger partial charge in [0, 0.05) is 26.3 Å². The van der Waals surface area contributed by atoms with Crippen LogP contribution in [0.5, 0.6) is 0 Å². The van der Waals surface area contributed by atoms with Crippen LogP contribution in [0.25, 0.3) is 5.70 Å². The lowest BCUT2D eigenvalue weighted by molar-refractivity contribution is 0.0417. The quantitative estimate of drug-likeness (QED) is 0.365. The van der Waals surface area contributed by atoms with Gasteiger partial charge in [0.2, 0.25) is 0 Å². The monoisotopic (exact) mass is 469 g/mol. The summed E-state index contributed by atoms with van der Waals surface area (Å²) in [5.41, 5.74) is 0.654. The summed E-state index contributed by atoms with van der Waals surface area (Å²) in [7, 11) is 1.46. The summed E-state index contributed by atoms with van der Waals surface area (Å²) in [5.74, 6) is -1.44. The van der Waals surface area contributed by atoms with Crippen molar-refractivity contribution in [1.29, 1.82) is 0 Å². The SMILES string of the molecule is C=C(/C=C(\N=NC)c1c(F)cccc1F)[C@@H]1CC[C@@](C)(CN(CC)C(=O)c2ccn[nH]2)C1(C)C. The fourth-order valence-corrected chi connectivity index (χ4v) is 5.07. The Hall–Kier alpha value is -3.16. The highest BCUT2D eigenvalue weighted by Crippen LogP contribution is 2.58. The molecule has 1 N–H and O–H groups in total. The maximum absolute atomic E-state index is 14.4. The summed E-state index contributed by atoms with van der Waals surface area (Å²) in [6, 6.07) is 5.40. The number of nitrogens with one attached hydrogen (secondary N) is 1. The molecule has 1 aromatic heterocycles. The second kappa shape index (κ2) is 9.99. The predicted molar refractivity (Wildman–Crippen MR) is 129 cm³/mol. The van der Waals surface area contributed by atoms with Crippen LogP contribution in [0.2, 0.25) is 0 Å². The fraction of sp³-hybridized carbons (Fsp3) is 0.462. The van der Waals surface area contributed by atoms with Crippen molar-refractivity contribution in [2.24, 2.45) is 27.0 Å².